The Labute approximate surface area is 177 Å². The Bertz CT molecular complexity index is 796. The standard InChI is InChI=1S/C25H37NO2S/c1-2-3-4-5-6-7-8-9-10-11-12-22-13-17-24(18-14-22)25-19-15-23(16-20-25)21-29(26,27)28/h13-20H,2-12,21H2,1H3,(H2,26,27,28). The fourth-order valence-electron chi connectivity index (χ4n) is 3.71. The lowest BCUT2D eigenvalue weighted by Crippen LogP contribution is -2.14. The molecule has 0 amide bonds. The molecule has 0 saturated carbocycles. The van der Waals surface area contributed by atoms with Crippen molar-refractivity contribution < 1.29 is 8.42 Å². The molecule has 160 valence electrons. The van der Waals surface area contributed by atoms with E-state index in [0.717, 1.165) is 17.5 Å². The molecule has 0 saturated heterocycles. The van der Waals surface area contributed by atoms with Crippen molar-refractivity contribution in [2.24, 2.45) is 5.14 Å². The summed E-state index contributed by atoms with van der Waals surface area (Å²) in [7, 11) is -3.48. The smallest absolute Gasteiger partial charge is 0.213 e. The summed E-state index contributed by atoms with van der Waals surface area (Å²) in [6.45, 7) is 2.27. The molecule has 0 unspecified atom stereocenters. The average Bonchev–Trinajstić information content (AvgIpc) is 2.69. The highest BCUT2D eigenvalue weighted by atomic mass is 32.2. The molecule has 0 heterocycles. The van der Waals surface area contributed by atoms with Crippen molar-refractivity contribution in [3.05, 3.63) is 59.7 Å². The van der Waals surface area contributed by atoms with Crippen LogP contribution in [0.3, 0.4) is 0 Å². The van der Waals surface area contributed by atoms with Gasteiger partial charge in [-0.15, -0.1) is 0 Å². The minimum absolute atomic E-state index is 0.120. The van der Waals surface area contributed by atoms with Crippen LogP contribution in [0.25, 0.3) is 11.1 Å². The first-order valence-corrected chi connectivity index (χ1v) is 12.9. The molecule has 0 spiro atoms. The molecule has 0 aliphatic heterocycles. The summed E-state index contributed by atoms with van der Waals surface area (Å²) in [4.78, 5) is 0. The van der Waals surface area contributed by atoms with Crippen LogP contribution in [0.15, 0.2) is 48.5 Å². The lowest BCUT2D eigenvalue weighted by Gasteiger charge is -2.06. The first-order valence-electron chi connectivity index (χ1n) is 11.2. The minimum Gasteiger partial charge on any atom is -0.228 e. The minimum atomic E-state index is -3.48. The van der Waals surface area contributed by atoms with Crippen LogP contribution in [0, 0.1) is 0 Å². The molecular formula is C25H37NO2S. The number of hydrogen-bond donors (Lipinski definition) is 1. The molecule has 0 atom stereocenters. The molecule has 0 bridgehead atoms. The highest BCUT2D eigenvalue weighted by Crippen LogP contribution is 2.22. The summed E-state index contributed by atoms with van der Waals surface area (Å²) in [6, 6.07) is 16.3. The SMILES string of the molecule is CCCCCCCCCCCCc1ccc(-c2ccc(CS(N)(=O)=O)cc2)cc1. The Kier molecular flexibility index (Phi) is 10.4. The number of rotatable bonds is 14. The van der Waals surface area contributed by atoms with Gasteiger partial charge in [0.1, 0.15) is 0 Å². The summed E-state index contributed by atoms with van der Waals surface area (Å²) in [5, 5.41) is 5.10. The van der Waals surface area contributed by atoms with E-state index in [0.29, 0.717) is 5.56 Å². The van der Waals surface area contributed by atoms with Crippen molar-refractivity contribution in [3.63, 3.8) is 0 Å². The quantitative estimate of drug-likeness (QED) is 0.353. The molecule has 2 N–H and O–H groups in total. The number of unbranched alkanes of at least 4 members (excludes halogenated alkanes) is 9. The van der Waals surface area contributed by atoms with E-state index in [-0.39, 0.29) is 5.75 Å². The number of hydrogen-bond acceptors (Lipinski definition) is 2. The number of primary sulfonamides is 1. The van der Waals surface area contributed by atoms with Crippen molar-refractivity contribution in [2.45, 2.75) is 83.3 Å². The van der Waals surface area contributed by atoms with Gasteiger partial charge in [0.25, 0.3) is 0 Å². The second-order valence-corrected chi connectivity index (χ2v) is 9.75. The number of benzene rings is 2. The Morgan fingerprint density at radius 3 is 1.48 bits per heavy atom. The Balaban J connectivity index is 1.67. The second-order valence-electron chi connectivity index (χ2n) is 8.13. The van der Waals surface area contributed by atoms with E-state index in [9.17, 15) is 8.42 Å². The zero-order valence-electron chi connectivity index (χ0n) is 17.9. The fraction of sp³-hybridized carbons (Fsp3) is 0.520. The molecule has 0 aliphatic rings. The normalized spacial score (nSPS) is 11.7. The highest BCUT2D eigenvalue weighted by molar-refractivity contribution is 7.88. The largest absolute Gasteiger partial charge is 0.228 e. The zero-order valence-corrected chi connectivity index (χ0v) is 18.7. The van der Waals surface area contributed by atoms with Crippen LogP contribution in [-0.2, 0) is 22.2 Å². The summed E-state index contributed by atoms with van der Waals surface area (Å²) in [5.41, 5.74) is 4.35. The fourth-order valence-corrected chi connectivity index (χ4v) is 4.36. The Morgan fingerprint density at radius 1 is 0.621 bits per heavy atom. The Hall–Kier alpha value is -1.65. The zero-order chi connectivity index (χ0) is 21.0. The predicted octanol–water partition coefficient (Wildman–Crippen LogP) is 6.61. The van der Waals surface area contributed by atoms with Gasteiger partial charge in [-0.3, -0.25) is 0 Å². The first-order chi connectivity index (χ1) is 14.0. The monoisotopic (exact) mass is 415 g/mol. The van der Waals surface area contributed by atoms with Crippen LogP contribution in [0.4, 0.5) is 0 Å². The molecule has 0 aliphatic carbocycles. The van der Waals surface area contributed by atoms with Crippen LogP contribution < -0.4 is 5.14 Å². The molecule has 29 heavy (non-hydrogen) atoms. The Morgan fingerprint density at radius 2 is 1.03 bits per heavy atom. The third-order valence-corrected chi connectivity index (χ3v) is 6.16. The third kappa shape index (κ3) is 10.1. The highest BCUT2D eigenvalue weighted by Gasteiger charge is 2.05. The topological polar surface area (TPSA) is 60.2 Å². The van der Waals surface area contributed by atoms with Gasteiger partial charge in [-0.05, 0) is 35.1 Å². The molecule has 0 radical (unpaired) electrons. The molecule has 2 aromatic carbocycles. The van der Waals surface area contributed by atoms with E-state index < -0.39 is 10.0 Å². The lowest BCUT2D eigenvalue weighted by atomic mass is 10.00. The third-order valence-electron chi connectivity index (χ3n) is 5.43. The summed E-state index contributed by atoms with van der Waals surface area (Å²) >= 11 is 0. The van der Waals surface area contributed by atoms with E-state index in [1.807, 2.05) is 24.3 Å². The maximum atomic E-state index is 11.2. The van der Waals surface area contributed by atoms with Gasteiger partial charge in [-0.25, -0.2) is 13.6 Å². The lowest BCUT2D eigenvalue weighted by molar-refractivity contribution is 0.556. The van der Waals surface area contributed by atoms with E-state index >= 15 is 0 Å². The molecule has 0 aromatic heterocycles. The van der Waals surface area contributed by atoms with Gasteiger partial charge in [0.05, 0.1) is 5.75 Å². The maximum Gasteiger partial charge on any atom is 0.213 e. The maximum absolute atomic E-state index is 11.2. The van der Waals surface area contributed by atoms with E-state index in [1.54, 1.807) is 0 Å². The number of aryl methyl sites for hydroxylation is 1. The summed E-state index contributed by atoms with van der Waals surface area (Å²) in [6.07, 6.45) is 14.8. The van der Waals surface area contributed by atoms with E-state index in [4.69, 9.17) is 5.14 Å². The van der Waals surface area contributed by atoms with Crippen LogP contribution in [0.5, 0.6) is 0 Å². The summed E-state index contributed by atoms with van der Waals surface area (Å²) < 4.78 is 22.4. The van der Waals surface area contributed by atoms with Gasteiger partial charge in [-0.1, -0.05) is 113 Å². The van der Waals surface area contributed by atoms with Crippen molar-refractivity contribution >= 4 is 10.0 Å². The van der Waals surface area contributed by atoms with E-state index in [1.165, 1.54) is 69.8 Å². The van der Waals surface area contributed by atoms with Crippen molar-refractivity contribution in [3.8, 4) is 11.1 Å². The van der Waals surface area contributed by atoms with Crippen molar-refractivity contribution in [2.75, 3.05) is 0 Å². The van der Waals surface area contributed by atoms with Crippen LogP contribution in [-0.4, -0.2) is 8.42 Å². The molecule has 0 fully saturated rings. The van der Waals surface area contributed by atoms with Gasteiger partial charge >= 0.3 is 0 Å². The van der Waals surface area contributed by atoms with Crippen LogP contribution in [0.1, 0.15) is 82.3 Å². The van der Waals surface area contributed by atoms with Crippen LogP contribution in [0.2, 0.25) is 0 Å². The van der Waals surface area contributed by atoms with Gasteiger partial charge in [0.15, 0.2) is 0 Å². The van der Waals surface area contributed by atoms with Crippen LogP contribution >= 0.6 is 0 Å². The summed E-state index contributed by atoms with van der Waals surface area (Å²) in [5.74, 6) is -0.120. The van der Waals surface area contributed by atoms with Gasteiger partial charge < -0.3 is 0 Å². The predicted molar refractivity (Wildman–Crippen MR) is 124 cm³/mol. The first kappa shape index (κ1) is 23.6. The average molecular weight is 416 g/mol. The van der Waals surface area contributed by atoms with Gasteiger partial charge in [0, 0.05) is 0 Å². The number of sulfonamides is 1. The molecule has 4 heteroatoms. The van der Waals surface area contributed by atoms with Crippen molar-refractivity contribution in [1.29, 1.82) is 0 Å². The molecular weight excluding hydrogens is 378 g/mol. The molecule has 2 rings (SSSR count). The van der Waals surface area contributed by atoms with E-state index in [2.05, 4.69) is 31.2 Å². The van der Waals surface area contributed by atoms with Gasteiger partial charge in [0.2, 0.25) is 10.0 Å². The van der Waals surface area contributed by atoms with Gasteiger partial charge in [-0.2, -0.15) is 0 Å². The molecule has 2 aromatic rings. The number of nitrogens with two attached hydrogens (primary N) is 1. The second kappa shape index (κ2) is 12.8. The molecule has 3 nitrogen and oxygen atoms in total. The van der Waals surface area contributed by atoms with Crippen molar-refractivity contribution in [1.82, 2.24) is 0 Å².